The van der Waals surface area contributed by atoms with E-state index in [4.69, 9.17) is 16.9 Å². The number of carbonyl (C=O) groups is 2. The first-order valence-corrected chi connectivity index (χ1v) is 10.3. The summed E-state index contributed by atoms with van der Waals surface area (Å²) in [6.07, 6.45) is 6.57. The van der Waals surface area contributed by atoms with E-state index in [1.807, 2.05) is 4.40 Å². The van der Waals surface area contributed by atoms with Gasteiger partial charge in [0.05, 0.1) is 35.6 Å². The fourth-order valence-electron chi connectivity index (χ4n) is 3.68. The van der Waals surface area contributed by atoms with Crippen LogP contribution in [-0.4, -0.2) is 60.2 Å². The Morgan fingerprint density at radius 3 is 2.94 bits per heavy atom. The lowest BCUT2D eigenvalue weighted by molar-refractivity contribution is -0.137. The average Bonchev–Trinajstić information content (AvgIpc) is 3.35. The summed E-state index contributed by atoms with van der Waals surface area (Å²) in [6, 6.07) is 4.88. The SMILES string of the molecule is C[C@@H](NC(=O)c1c[nH]c2ncc(-c3cnc4cc(Cl)ccn34)nc12)C(=O)N1CC(C#N)C1. The van der Waals surface area contributed by atoms with Crippen molar-refractivity contribution >= 4 is 40.2 Å². The number of aromatic nitrogens is 5. The number of amides is 2. The quantitative estimate of drug-likeness (QED) is 0.491. The van der Waals surface area contributed by atoms with E-state index in [-0.39, 0.29) is 17.4 Å². The minimum absolute atomic E-state index is 0.139. The number of hydrogen-bond donors (Lipinski definition) is 2. The Balaban J connectivity index is 1.40. The summed E-state index contributed by atoms with van der Waals surface area (Å²) in [5.74, 6) is -0.800. The number of aromatic amines is 1. The van der Waals surface area contributed by atoms with Crippen LogP contribution in [-0.2, 0) is 4.79 Å². The van der Waals surface area contributed by atoms with Gasteiger partial charge in [-0.25, -0.2) is 15.0 Å². The predicted molar refractivity (Wildman–Crippen MR) is 116 cm³/mol. The van der Waals surface area contributed by atoms with E-state index in [0.29, 0.717) is 46.3 Å². The molecule has 0 radical (unpaired) electrons. The fraction of sp³-hybridized carbons (Fsp3) is 0.238. The van der Waals surface area contributed by atoms with Gasteiger partial charge in [0.2, 0.25) is 5.91 Å². The van der Waals surface area contributed by atoms with Crippen LogP contribution in [0.25, 0.3) is 28.2 Å². The molecule has 0 aliphatic carbocycles. The first-order chi connectivity index (χ1) is 15.4. The summed E-state index contributed by atoms with van der Waals surface area (Å²) in [5.41, 5.74) is 3.02. The Kier molecular flexibility index (Phi) is 4.75. The van der Waals surface area contributed by atoms with Gasteiger partial charge in [-0.2, -0.15) is 5.26 Å². The number of imidazole rings is 1. The van der Waals surface area contributed by atoms with Crippen molar-refractivity contribution in [3.05, 3.63) is 47.5 Å². The van der Waals surface area contributed by atoms with Crippen molar-refractivity contribution in [1.82, 2.24) is 34.6 Å². The number of hydrogen-bond acceptors (Lipinski definition) is 6. The van der Waals surface area contributed by atoms with E-state index in [0.717, 1.165) is 0 Å². The molecule has 1 atom stereocenters. The zero-order valence-corrected chi connectivity index (χ0v) is 17.7. The Morgan fingerprint density at radius 1 is 1.34 bits per heavy atom. The topological polar surface area (TPSA) is 132 Å². The van der Waals surface area contributed by atoms with Gasteiger partial charge in [0.15, 0.2) is 5.65 Å². The number of likely N-dealkylation sites (tertiary alicyclic amines) is 1. The summed E-state index contributed by atoms with van der Waals surface area (Å²) in [5, 5.41) is 12.2. The highest BCUT2D eigenvalue weighted by Crippen LogP contribution is 2.23. The maximum atomic E-state index is 12.9. The van der Waals surface area contributed by atoms with Gasteiger partial charge in [0.25, 0.3) is 5.91 Å². The summed E-state index contributed by atoms with van der Waals surface area (Å²) < 4.78 is 1.83. The largest absolute Gasteiger partial charge is 0.344 e. The van der Waals surface area contributed by atoms with Crippen LogP contribution in [0.4, 0.5) is 0 Å². The Hall–Kier alpha value is -3.97. The van der Waals surface area contributed by atoms with E-state index < -0.39 is 11.9 Å². The van der Waals surface area contributed by atoms with Crippen molar-refractivity contribution < 1.29 is 9.59 Å². The first kappa shape index (κ1) is 20.0. The third kappa shape index (κ3) is 3.33. The molecule has 2 N–H and O–H groups in total. The normalized spacial score (nSPS) is 14.8. The monoisotopic (exact) mass is 448 g/mol. The minimum atomic E-state index is -0.730. The van der Waals surface area contributed by atoms with Crippen LogP contribution in [0.2, 0.25) is 5.02 Å². The number of fused-ring (bicyclic) bond motifs is 2. The van der Waals surface area contributed by atoms with Crippen molar-refractivity contribution in [1.29, 1.82) is 5.26 Å². The Bertz CT molecular complexity index is 1410. The molecule has 5 heterocycles. The molecular weight excluding hydrogens is 432 g/mol. The lowest BCUT2D eigenvalue weighted by Gasteiger charge is -2.37. The number of carbonyl (C=O) groups excluding carboxylic acids is 2. The summed E-state index contributed by atoms with van der Waals surface area (Å²) in [4.78, 5) is 43.2. The molecule has 1 fully saturated rings. The number of pyridine rings is 1. The molecule has 160 valence electrons. The van der Waals surface area contributed by atoms with E-state index in [2.05, 4.69) is 31.3 Å². The van der Waals surface area contributed by atoms with Crippen LogP contribution in [0.1, 0.15) is 17.3 Å². The molecule has 1 aliphatic rings. The van der Waals surface area contributed by atoms with Crippen molar-refractivity contribution in [2.75, 3.05) is 13.1 Å². The van der Waals surface area contributed by atoms with Gasteiger partial charge in [0, 0.05) is 36.6 Å². The van der Waals surface area contributed by atoms with E-state index in [1.54, 1.807) is 42.5 Å². The third-order valence-corrected chi connectivity index (χ3v) is 5.69. The van der Waals surface area contributed by atoms with Crippen molar-refractivity contribution in [2.45, 2.75) is 13.0 Å². The maximum absolute atomic E-state index is 12.9. The van der Waals surface area contributed by atoms with E-state index in [1.165, 1.54) is 6.20 Å². The number of halogens is 1. The molecule has 1 aliphatic heterocycles. The molecule has 10 nitrogen and oxygen atoms in total. The van der Waals surface area contributed by atoms with Gasteiger partial charge in [-0.1, -0.05) is 11.6 Å². The van der Waals surface area contributed by atoms with Crippen LogP contribution in [0, 0.1) is 17.2 Å². The summed E-state index contributed by atoms with van der Waals surface area (Å²) >= 11 is 6.03. The number of nitrogens with one attached hydrogen (secondary N) is 2. The Labute approximate surface area is 186 Å². The average molecular weight is 449 g/mol. The molecule has 0 spiro atoms. The second kappa shape index (κ2) is 7.62. The number of nitriles is 1. The van der Waals surface area contributed by atoms with Gasteiger partial charge in [-0.05, 0) is 13.0 Å². The van der Waals surface area contributed by atoms with Crippen LogP contribution < -0.4 is 5.32 Å². The molecule has 1 saturated heterocycles. The van der Waals surface area contributed by atoms with Gasteiger partial charge >= 0.3 is 0 Å². The van der Waals surface area contributed by atoms with Crippen LogP contribution in [0.5, 0.6) is 0 Å². The molecule has 4 aromatic heterocycles. The molecule has 11 heteroatoms. The van der Waals surface area contributed by atoms with E-state index in [9.17, 15) is 9.59 Å². The number of nitrogens with zero attached hydrogens (tertiary/aromatic N) is 6. The molecule has 0 saturated carbocycles. The lowest BCUT2D eigenvalue weighted by atomic mass is 10.0. The standard InChI is InChI=1S/C21H17ClN8O2/c1-11(21(32)29-9-12(5-23)10-29)27-20(31)14-6-25-19-18(14)28-15(7-26-19)16-8-24-17-4-13(22)2-3-30(16)17/h2-4,6-8,11-12H,9-10H2,1H3,(H,25,26)(H,27,31)/t11-/m1/s1. The zero-order chi connectivity index (χ0) is 22.4. The Morgan fingerprint density at radius 2 is 2.16 bits per heavy atom. The highest BCUT2D eigenvalue weighted by molar-refractivity contribution is 6.30. The second-order valence-electron chi connectivity index (χ2n) is 7.64. The minimum Gasteiger partial charge on any atom is -0.344 e. The van der Waals surface area contributed by atoms with Gasteiger partial charge in [-0.3, -0.25) is 14.0 Å². The van der Waals surface area contributed by atoms with Gasteiger partial charge < -0.3 is 15.2 Å². The fourth-order valence-corrected chi connectivity index (χ4v) is 3.84. The molecule has 0 aromatic carbocycles. The van der Waals surface area contributed by atoms with Crippen LogP contribution in [0.15, 0.2) is 36.9 Å². The highest BCUT2D eigenvalue weighted by atomic mass is 35.5. The van der Waals surface area contributed by atoms with Gasteiger partial charge in [0.1, 0.15) is 22.9 Å². The zero-order valence-electron chi connectivity index (χ0n) is 16.9. The van der Waals surface area contributed by atoms with Crippen LogP contribution in [0.3, 0.4) is 0 Å². The molecule has 0 bridgehead atoms. The molecule has 32 heavy (non-hydrogen) atoms. The highest BCUT2D eigenvalue weighted by Gasteiger charge is 2.33. The lowest BCUT2D eigenvalue weighted by Crippen LogP contribution is -2.55. The second-order valence-corrected chi connectivity index (χ2v) is 8.07. The van der Waals surface area contributed by atoms with Crippen molar-refractivity contribution in [3.63, 3.8) is 0 Å². The molecule has 2 amide bonds. The smallest absolute Gasteiger partial charge is 0.255 e. The summed E-state index contributed by atoms with van der Waals surface area (Å²) in [7, 11) is 0. The molecular formula is C21H17ClN8O2. The predicted octanol–water partition coefficient (Wildman–Crippen LogP) is 2.03. The molecule has 5 rings (SSSR count). The van der Waals surface area contributed by atoms with Crippen molar-refractivity contribution in [2.24, 2.45) is 5.92 Å². The third-order valence-electron chi connectivity index (χ3n) is 5.46. The molecule has 4 aromatic rings. The number of H-pyrrole nitrogens is 1. The summed E-state index contributed by atoms with van der Waals surface area (Å²) in [6.45, 7) is 2.40. The first-order valence-electron chi connectivity index (χ1n) is 9.91. The van der Waals surface area contributed by atoms with Crippen molar-refractivity contribution in [3.8, 4) is 17.5 Å². The van der Waals surface area contributed by atoms with Gasteiger partial charge in [-0.15, -0.1) is 0 Å². The van der Waals surface area contributed by atoms with Crippen LogP contribution >= 0.6 is 11.6 Å². The molecule has 0 unspecified atom stereocenters. The maximum Gasteiger partial charge on any atom is 0.255 e. The number of rotatable bonds is 4. The van der Waals surface area contributed by atoms with E-state index >= 15 is 0 Å².